The van der Waals surface area contributed by atoms with Crippen molar-refractivity contribution in [1.29, 1.82) is 0 Å². The Balaban J connectivity index is 1.97. The van der Waals surface area contributed by atoms with Crippen LogP contribution in [0.3, 0.4) is 0 Å². The molecule has 0 atom stereocenters. The third-order valence-corrected chi connectivity index (χ3v) is 4.49. The third kappa shape index (κ3) is 3.63. The Labute approximate surface area is 162 Å². The van der Waals surface area contributed by atoms with Crippen molar-refractivity contribution in [2.24, 2.45) is 0 Å². The lowest BCUT2D eigenvalue weighted by Crippen LogP contribution is -2.38. The van der Waals surface area contributed by atoms with Gasteiger partial charge in [-0.3, -0.25) is 0 Å². The summed E-state index contributed by atoms with van der Waals surface area (Å²) in [5, 5.41) is 0. The van der Waals surface area contributed by atoms with Crippen molar-refractivity contribution in [2.75, 3.05) is 32.5 Å². The highest BCUT2D eigenvalue weighted by Crippen LogP contribution is 2.29. The van der Waals surface area contributed by atoms with Gasteiger partial charge in [0.15, 0.2) is 0 Å². The van der Waals surface area contributed by atoms with Crippen LogP contribution in [0.15, 0.2) is 40.0 Å². The van der Waals surface area contributed by atoms with E-state index in [4.69, 9.17) is 18.6 Å². The van der Waals surface area contributed by atoms with Gasteiger partial charge in [-0.15, -0.1) is 0 Å². The van der Waals surface area contributed by atoms with Crippen molar-refractivity contribution in [3.05, 3.63) is 47.0 Å². The standard InChI is InChI=1S/C20H22N2O6/c1-5-16-12(2)28-18(21-16)13-6-8-14(9-7-13)22-11-27-10-15(19(23)25-3)17(22)20(24)26-4/h6-9H,5,10-11H2,1-4H3. The number of rotatable bonds is 5. The highest BCUT2D eigenvalue weighted by atomic mass is 16.5. The molecule has 0 fully saturated rings. The Morgan fingerprint density at radius 1 is 1.14 bits per heavy atom. The molecule has 8 nitrogen and oxygen atoms in total. The molecule has 0 amide bonds. The first-order valence-corrected chi connectivity index (χ1v) is 8.81. The molecule has 0 N–H and O–H groups in total. The number of anilines is 1. The number of aromatic nitrogens is 1. The quantitative estimate of drug-likeness (QED) is 0.724. The van der Waals surface area contributed by atoms with E-state index in [1.165, 1.54) is 14.2 Å². The van der Waals surface area contributed by atoms with Gasteiger partial charge in [0, 0.05) is 11.3 Å². The monoisotopic (exact) mass is 386 g/mol. The molecule has 0 spiro atoms. The van der Waals surface area contributed by atoms with Gasteiger partial charge in [-0.1, -0.05) is 6.92 Å². The zero-order valence-corrected chi connectivity index (χ0v) is 16.3. The third-order valence-electron chi connectivity index (χ3n) is 4.49. The van der Waals surface area contributed by atoms with Gasteiger partial charge in [-0.05, 0) is 37.6 Å². The summed E-state index contributed by atoms with van der Waals surface area (Å²) >= 11 is 0. The topological polar surface area (TPSA) is 91.1 Å². The number of benzene rings is 1. The van der Waals surface area contributed by atoms with Crippen LogP contribution in [0.1, 0.15) is 18.4 Å². The molecule has 2 aromatic rings. The van der Waals surface area contributed by atoms with Gasteiger partial charge in [-0.25, -0.2) is 14.6 Å². The minimum absolute atomic E-state index is 0.0267. The fraction of sp³-hybridized carbons (Fsp3) is 0.350. The van der Waals surface area contributed by atoms with Crippen LogP contribution in [0.25, 0.3) is 11.5 Å². The number of oxazole rings is 1. The molecule has 0 radical (unpaired) electrons. The molecule has 148 valence electrons. The summed E-state index contributed by atoms with van der Waals surface area (Å²) < 4.78 is 20.8. The smallest absolute Gasteiger partial charge is 0.355 e. The van der Waals surface area contributed by atoms with Crippen LogP contribution >= 0.6 is 0 Å². The lowest BCUT2D eigenvalue weighted by Gasteiger charge is -2.31. The molecule has 2 heterocycles. The van der Waals surface area contributed by atoms with Gasteiger partial charge in [0.2, 0.25) is 5.89 Å². The Morgan fingerprint density at radius 3 is 2.39 bits per heavy atom. The molecule has 0 unspecified atom stereocenters. The molecule has 1 aliphatic rings. The maximum Gasteiger partial charge on any atom is 0.355 e. The fourth-order valence-corrected chi connectivity index (χ4v) is 3.01. The van der Waals surface area contributed by atoms with E-state index in [2.05, 4.69) is 4.98 Å². The van der Waals surface area contributed by atoms with Gasteiger partial charge in [-0.2, -0.15) is 0 Å². The van der Waals surface area contributed by atoms with Crippen LogP contribution in [0.2, 0.25) is 0 Å². The average molecular weight is 386 g/mol. The number of esters is 2. The zero-order chi connectivity index (χ0) is 20.3. The summed E-state index contributed by atoms with van der Waals surface area (Å²) in [5.74, 6) is 0.0622. The average Bonchev–Trinajstić information content (AvgIpc) is 3.12. The predicted octanol–water partition coefficient (Wildman–Crippen LogP) is 2.61. The molecule has 28 heavy (non-hydrogen) atoms. The minimum Gasteiger partial charge on any atom is -0.466 e. The molecule has 0 aliphatic carbocycles. The number of methoxy groups -OCH3 is 2. The molecule has 1 aliphatic heterocycles. The fourth-order valence-electron chi connectivity index (χ4n) is 3.01. The highest BCUT2D eigenvalue weighted by Gasteiger charge is 2.32. The molecule has 1 aromatic carbocycles. The largest absolute Gasteiger partial charge is 0.466 e. The van der Waals surface area contributed by atoms with E-state index in [1.54, 1.807) is 17.0 Å². The first-order valence-electron chi connectivity index (χ1n) is 8.81. The summed E-state index contributed by atoms with van der Waals surface area (Å²) in [7, 11) is 2.51. The van der Waals surface area contributed by atoms with E-state index in [-0.39, 0.29) is 24.6 Å². The summed E-state index contributed by atoms with van der Waals surface area (Å²) in [5.41, 5.74) is 2.60. The predicted molar refractivity (Wildman–Crippen MR) is 100 cm³/mol. The number of aryl methyl sites for hydroxylation is 2. The van der Waals surface area contributed by atoms with Crippen LogP contribution < -0.4 is 4.90 Å². The lowest BCUT2D eigenvalue weighted by molar-refractivity contribution is -0.140. The zero-order valence-electron chi connectivity index (χ0n) is 16.3. The summed E-state index contributed by atoms with van der Waals surface area (Å²) in [6.07, 6.45) is 0.794. The van der Waals surface area contributed by atoms with Crippen molar-refractivity contribution in [3.8, 4) is 11.5 Å². The Kier molecular flexibility index (Phi) is 5.79. The second kappa shape index (κ2) is 8.26. The molecule has 0 saturated carbocycles. The van der Waals surface area contributed by atoms with Crippen LogP contribution in [0, 0.1) is 6.92 Å². The molecular formula is C20H22N2O6. The minimum atomic E-state index is -0.635. The second-order valence-corrected chi connectivity index (χ2v) is 6.14. The van der Waals surface area contributed by atoms with E-state index in [0.29, 0.717) is 11.6 Å². The van der Waals surface area contributed by atoms with Gasteiger partial charge in [0.25, 0.3) is 0 Å². The molecule has 0 bridgehead atoms. The van der Waals surface area contributed by atoms with Crippen LogP contribution in [-0.4, -0.2) is 44.5 Å². The van der Waals surface area contributed by atoms with Gasteiger partial charge in [0.05, 0.1) is 32.1 Å². The Bertz CT molecular complexity index is 913. The number of hydrogen-bond acceptors (Lipinski definition) is 8. The van der Waals surface area contributed by atoms with E-state index >= 15 is 0 Å². The van der Waals surface area contributed by atoms with Gasteiger partial charge < -0.3 is 23.5 Å². The van der Waals surface area contributed by atoms with Crippen molar-refractivity contribution in [2.45, 2.75) is 20.3 Å². The van der Waals surface area contributed by atoms with Crippen LogP contribution in [-0.2, 0) is 30.2 Å². The molecule has 1 aromatic heterocycles. The summed E-state index contributed by atoms with van der Waals surface area (Å²) in [4.78, 5) is 30.5. The lowest BCUT2D eigenvalue weighted by atomic mass is 10.1. The van der Waals surface area contributed by atoms with Crippen molar-refractivity contribution >= 4 is 17.6 Å². The Hall–Kier alpha value is -3.13. The number of carbonyl (C=O) groups excluding carboxylic acids is 2. The van der Waals surface area contributed by atoms with Crippen molar-refractivity contribution < 1.29 is 28.2 Å². The Morgan fingerprint density at radius 2 is 1.82 bits per heavy atom. The first-order chi connectivity index (χ1) is 13.5. The van der Waals surface area contributed by atoms with E-state index in [0.717, 1.165) is 23.4 Å². The van der Waals surface area contributed by atoms with E-state index in [9.17, 15) is 9.59 Å². The molecular weight excluding hydrogens is 364 g/mol. The van der Waals surface area contributed by atoms with Gasteiger partial charge in [0.1, 0.15) is 18.2 Å². The number of carbonyl (C=O) groups is 2. The van der Waals surface area contributed by atoms with E-state index in [1.807, 2.05) is 26.0 Å². The number of hydrogen-bond donors (Lipinski definition) is 0. The van der Waals surface area contributed by atoms with Crippen LogP contribution in [0.4, 0.5) is 5.69 Å². The molecule has 8 heteroatoms. The van der Waals surface area contributed by atoms with E-state index < -0.39 is 11.9 Å². The summed E-state index contributed by atoms with van der Waals surface area (Å²) in [6.45, 7) is 3.98. The number of nitrogens with zero attached hydrogens (tertiary/aromatic N) is 2. The maximum absolute atomic E-state index is 12.3. The SMILES string of the molecule is CCc1nc(-c2ccc(N3COCC(C(=O)OC)=C3C(=O)OC)cc2)oc1C. The van der Waals surface area contributed by atoms with Crippen molar-refractivity contribution in [1.82, 2.24) is 4.98 Å². The second-order valence-electron chi connectivity index (χ2n) is 6.14. The van der Waals surface area contributed by atoms with Gasteiger partial charge >= 0.3 is 11.9 Å². The van der Waals surface area contributed by atoms with Crippen LogP contribution in [0.5, 0.6) is 0 Å². The number of ether oxygens (including phenoxy) is 3. The molecule has 0 saturated heterocycles. The highest BCUT2D eigenvalue weighted by molar-refractivity contribution is 6.03. The normalized spacial score (nSPS) is 14.2. The molecule has 3 rings (SSSR count). The van der Waals surface area contributed by atoms with Crippen molar-refractivity contribution in [3.63, 3.8) is 0 Å². The summed E-state index contributed by atoms with van der Waals surface area (Å²) in [6, 6.07) is 7.27. The maximum atomic E-state index is 12.3. The first kappa shape index (κ1) is 19.6.